The normalized spacial score (nSPS) is 11.8. The summed E-state index contributed by atoms with van der Waals surface area (Å²) in [6.45, 7) is 4.10. The molecule has 2 aromatic rings. The van der Waals surface area contributed by atoms with Crippen molar-refractivity contribution in [3.8, 4) is 0 Å². The summed E-state index contributed by atoms with van der Waals surface area (Å²) in [6.07, 6.45) is 5.58. The van der Waals surface area contributed by atoms with Gasteiger partial charge in [0.15, 0.2) is 0 Å². The first-order chi connectivity index (χ1) is 8.44. The molecule has 96 valence electrons. The predicted molar refractivity (Wildman–Crippen MR) is 74.4 cm³/mol. The Morgan fingerprint density at radius 1 is 1.17 bits per heavy atom. The van der Waals surface area contributed by atoms with Gasteiger partial charge < -0.3 is 10.3 Å². The van der Waals surface area contributed by atoms with Gasteiger partial charge in [0.25, 0.3) is 0 Å². The van der Waals surface area contributed by atoms with E-state index >= 15 is 0 Å². The molecule has 0 aliphatic heterocycles. The molecule has 0 saturated heterocycles. The molecule has 0 spiro atoms. The van der Waals surface area contributed by atoms with Crippen LogP contribution in [-0.4, -0.2) is 15.1 Å². The minimum atomic E-state index is -0.152. The van der Waals surface area contributed by atoms with Crippen LogP contribution in [0, 0.1) is 0 Å². The van der Waals surface area contributed by atoms with Crippen LogP contribution in [0.25, 0.3) is 0 Å². The first-order valence-corrected chi connectivity index (χ1v) is 6.27. The Morgan fingerprint density at radius 2 is 1.78 bits per heavy atom. The van der Waals surface area contributed by atoms with Crippen molar-refractivity contribution in [2.75, 3.05) is 0 Å². The number of aromatic nitrogens is 2. The van der Waals surface area contributed by atoms with Gasteiger partial charge in [-0.05, 0) is 31.4 Å². The van der Waals surface area contributed by atoms with Gasteiger partial charge in [0.1, 0.15) is 5.82 Å². The van der Waals surface area contributed by atoms with Crippen LogP contribution in [0.2, 0.25) is 0 Å². The number of hydrogen-bond acceptors (Lipinski definition) is 2. The first-order valence-electron chi connectivity index (χ1n) is 6.27. The molecule has 1 aromatic carbocycles. The van der Waals surface area contributed by atoms with E-state index in [9.17, 15) is 0 Å². The van der Waals surface area contributed by atoms with Gasteiger partial charge in [0, 0.05) is 31.4 Å². The minimum absolute atomic E-state index is 0.152. The highest BCUT2D eigenvalue weighted by molar-refractivity contribution is 5.26. The largest absolute Gasteiger partial charge is 0.338 e. The molecule has 3 nitrogen and oxygen atoms in total. The summed E-state index contributed by atoms with van der Waals surface area (Å²) in [4.78, 5) is 4.34. The molecule has 0 fully saturated rings. The van der Waals surface area contributed by atoms with E-state index in [4.69, 9.17) is 5.73 Å². The van der Waals surface area contributed by atoms with Gasteiger partial charge in [-0.2, -0.15) is 0 Å². The molecule has 2 N–H and O–H groups in total. The minimum Gasteiger partial charge on any atom is -0.338 e. The second-order valence-electron chi connectivity index (χ2n) is 5.61. The summed E-state index contributed by atoms with van der Waals surface area (Å²) >= 11 is 0. The van der Waals surface area contributed by atoms with Crippen LogP contribution >= 0.6 is 0 Å². The van der Waals surface area contributed by atoms with Crippen molar-refractivity contribution in [2.45, 2.75) is 32.2 Å². The maximum Gasteiger partial charge on any atom is 0.112 e. The molecule has 0 aliphatic carbocycles. The van der Waals surface area contributed by atoms with E-state index in [0.29, 0.717) is 0 Å². The molecule has 0 amide bonds. The third-order valence-electron chi connectivity index (χ3n) is 2.97. The highest BCUT2D eigenvalue weighted by Crippen LogP contribution is 2.13. The van der Waals surface area contributed by atoms with Crippen LogP contribution in [0.15, 0.2) is 36.7 Å². The lowest BCUT2D eigenvalue weighted by Gasteiger charge is -2.18. The van der Waals surface area contributed by atoms with Gasteiger partial charge in [-0.25, -0.2) is 4.98 Å². The SMILES string of the molecule is Cn1ccnc1Cc1ccc(CC(C)(C)N)cc1. The van der Waals surface area contributed by atoms with Gasteiger partial charge in [0.2, 0.25) is 0 Å². The molecule has 0 saturated carbocycles. The van der Waals surface area contributed by atoms with Gasteiger partial charge in [0.05, 0.1) is 0 Å². The molecule has 0 bridgehead atoms. The van der Waals surface area contributed by atoms with Crippen LogP contribution in [-0.2, 0) is 19.9 Å². The van der Waals surface area contributed by atoms with Gasteiger partial charge >= 0.3 is 0 Å². The van der Waals surface area contributed by atoms with Crippen molar-refractivity contribution in [1.29, 1.82) is 0 Å². The van der Waals surface area contributed by atoms with E-state index in [2.05, 4.69) is 47.7 Å². The van der Waals surface area contributed by atoms with Crippen molar-refractivity contribution in [3.63, 3.8) is 0 Å². The van der Waals surface area contributed by atoms with Crippen molar-refractivity contribution in [2.24, 2.45) is 12.8 Å². The molecular weight excluding hydrogens is 222 g/mol. The lowest BCUT2D eigenvalue weighted by atomic mass is 9.95. The molecule has 1 heterocycles. The number of hydrogen-bond donors (Lipinski definition) is 1. The Kier molecular flexibility index (Phi) is 3.53. The number of imidazole rings is 1. The monoisotopic (exact) mass is 243 g/mol. The molecule has 0 atom stereocenters. The zero-order chi connectivity index (χ0) is 13.2. The summed E-state index contributed by atoms with van der Waals surface area (Å²) in [5, 5.41) is 0. The fraction of sp³-hybridized carbons (Fsp3) is 0.400. The average Bonchev–Trinajstić information content (AvgIpc) is 2.65. The van der Waals surface area contributed by atoms with Crippen LogP contribution in [0.3, 0.4) is 0 Å². The number of nitrogens with zero attached hydrogens (tertiary/aromatic N) is 2. The van der Waals surface area contributed by atoms with Crippen LogP contribution < -0.4 is 5.73 Å². The molecule has 2 rings (SSSR count). The van der Waals surface area contributed by atoms with E-state index < -0.39 is 0 Å². The van der Waals surface area contributed by atoms with Crippen LogP contribution in [0.5, 0.6) is 0 Å². The van der Waals surface area contributed by atoms with Crippen molar-refractivity contribution >= 4 is 0 Å². The van der Waals surface area contributed by atoms with Gasteiger partial charge in [-0.1, -0.05) is 24.3 Å². The molecular formula is C15H21N3. The fourth-order valence-corrected chi connectivity index (χ4v) is 2.05. The van der Waals surface area contributed by atoms with Crippen LogP contribution in [0.1, 0.15) is 30.8 Å². The maximum atomic E-state index is 6.02. The lowest BCUT2D eigenvalue weighted by molar-refractivity contribution is 0.516. The predicted octanol–water partition coefficient (Wildman–Crippen LogP) is 2.29. The molecule has 0 unspecified atom stereocenters. The van der Waals surface area contributed by atoms with E-state index in [1.807, 2.05) is 19.4 Å². The Bertz CT molecular complexity index is 503. The quantitative estimate of drug-likeness (QED) is 0.895. The topological polar surface area (TPSA) is 43.8 Å². The summed E-state index contributed by atoms with van der Waals surface area (Å²) in [6, 6.07) is 8.64. The lowest BCUT2D eigenvalue weighted by Crippen LogP contribution is -2.34. The van der Waals surface area contributed by atoms with Crippen LogP contribution in [0.4, 0.5) is 0 Å². The Morgan fingerprint density at radius 3 is 2.28 bits per heavy atom. The molecule has 0 aliphatic rings. The Labute approximate surface area is 109 Å². The zero-order valence-electron chi connectivity index (χ0n) is 11.4. The van der Waals surface area contributed by atoms with Crippen molar-refractivity contribution < 1.29 is 0 Å². The fourth-order valence-electron chi connectivity index (χ4n) is 2.05. The number of benzene rings is 1. The number of aryl methyl sites for hydroxylation is 1. The average molecular weight is 243 g/mol. The smallest absolute Gasteiger partial charge is 0.112 e. The molecule has 1 aromatic heterocycles. The van der Waals surface area contributed by atoms with Gasteiger partial charge in [-0.3, -0.25) is 0 Å². The molecule has 3 heteroatoms. The van der Waals surface area contributed by atoms with Crippen molar-refractivity contribution in [1.82, 2.24) is 9.55 Å². The number of rotatable bonds is 4. The highest BCUT2D eigenvalue weighted by atomic mass is 15.0. The first kappa shape index (κ1) is 12.8. The summed E-state index contributed by atoms with van der Waals surface area (Å²) in [5.41, 5.74) is 8.43. The van der Waals surface area contributed by atoms with E-state index in [1.165, 1.54) is 11.1 Å². The van der Waals surface area contributed by atoms with E-state index in [1.54, 1.807) is 0 Å². The number of nitrogens with two attached hydrogens (primary N) is 1. The van der Waals surface area contributed by atoms with Gasteiger partial charge in [-0.15, -0.1) is 0 Å². The summed E-state index contributed by atoms with van der Waals surface area (Å²) in [7, 11) is 2.02. The molecule has 18 heavy (non-hydrogen) atoms. The summed E-state index contributed by atoms with van der Waals surface area (Å²) in [5.74, 6) is 1.09. The second kappa shape index (κ2) is 4.94. The highest BCUT2D eigenvalue weighted by Gasteiger charge is 2.11. The Hall–Kier alpha value is -1.61. The standard InChI is InChI=1S/C15H21N3/c1-15(2,16)11-13-6-4-12(5-7-13)10-14-17-8-9-18(14)3/h4-9H,10-11,16H2,1-3H3. The molecule has 0 radical (unpaired) electrons. The second-order valence-corrected chi connectivity index (χ2v) is 5.61. The van der Waals surface area contributed by atoms with E-state index in [-0.39, 0.29) is 5.54 Å². The van der Waals surface area contributed by atoms with E-state index in [0.717, 1.165) is 18.7 Å². The summed E-state index contributed by atoms with van der Waals surface area (Å²) < 4.78 is 2.05. The Balaban J connectivity index is 2.06. The third kappa shape index (κ3) is 3.44. The van der Waals surface area contributed by atoms with Crippen molar-refractivity contribution in [3.05, 3.63) is 53.6 Å². The maximum absolute atomic E-state index is 6.02. The third-order valence-corrected chi connectivity index (χ3v) is 2.97. The zero-order valence-corrected chi connectivity index (χ0v) is 11.4.